The monoisotopic (exact) mass is 374 g/mol. The quantitative estimate of drug-likeness (QED) is 0.372. The van der Waals surface area contributed by atoms with Crippen LogP contribution in [0.4, 0.5) is 4.79 Å². The fraction of sp³-hybridized carbons (Fsp3) is 0.429. The molecule has 1 aromatic carbocycles. The van der Waals surface area contributed by atoms with Crippen molar-refractivity contribution in [3.63, 3.8) is 0 Å². The Labute approximate surface area is 161 Å². The minimum absolute atomic E-state index is 0.0999. The number of carbonyl (C=O) groups is 2. The van der Waals surface area contributed by atoms with Crippen LogP contribution in [0.25, 0.3) is 0 Å². The van der Waals surface area contributed by atoms with E-state index in [1.54, 1.807) is 6.92 Å². The Kier molecular flexibility index (Phi) is 9.72. The molecule has 1 atom stereocenters. The first-order chi connectivity index (χ1) is 12.9. The topological polar surface area (TPSA) is 76.7 Å². The van der Waals surface area contributed by atoms with E-state index in [4.69, 9.17) is 9.47 Å². The van der Waals surface area contributed by atoms with Crippen LogP contribution < -0.4 is 10.6 Å². The molecule has 0 aliphatic rings. The predicted octanol–water partition coefficient (Wildman–Crippen LogP) is 3.55. The van der Waals surface area contributed by atoms with Gasteiger partial charge in [0.25, 0.3) is 0 Å². The van der Waals surface area contributed by atoms with Gasteiger partial charge in [0, 0.05) is 12.2 Å². The van der Waals surface area contributed by atoms with E-state index in [0.717, 1.165) is 5.56 Å². The largest absolute Gasteiger partial charge is 0.466 e. The molecule has 0 unspecified atom stereocenters. The summed E-state index contributed by atoms with van der Waals surface area (Å²) in [5.41, 5.74) is 2.12. The van der Waals surface area contributed by atoms with Gasteiger partial charge in [-0.15, -0.1) is 0 Å². The zero-order valence-corrected chi connectivity index (χ0v) is 16.6. The van der Waals surface area contributed by atoms with E-state index in [1.165, 1.54) is 13.2 Å². The van der Waals surface area contributed by atoms with Crippen LogP contribution in [0, 0.1) is 5.92 Å². The highest BCUT2D eigenvalue weighted by Gasteiger charge is 2.27. The number of esters is 1. The Hall–Kier alpha value is -2.76. The Bertz CT molecular complexity index is 653. The van der Waals surface area contributed by atoms with Crippen molar-refractivity contribution in [3.05, 3.63) is 59.8 Å². The van der Waals surface area contributed by atoms with E-state index in [0.29, 0.717) is 24.2 Å². The summed E-state index contributed by atoms with van der Waals surface area (Å²) in [4.78, 5) is 24.5. The summed E-state index contributed by atoms with van der Waals surface area (Å²) >= 11 is 0. The van der Waals surface area contributed by atoms with Crippen molar-refractivity contribution >= 4 is 12.1 Å². The Balaban J connectivity index is 3.05. The van der Waals surface area contributed by atoms with Crippen molar-refractivity contribution in [3.8, 4) is 0 Å². The zero-order chi connectivity index (χ0) is 20.2. The van der Waals surface area contributed by atoms with Crippen molar-refractivity contribution in [1.82, 2.24) is 10.6 Å². The lowest BCUT2D eigenvalue weighted by Gasteiger charge is -2.24. The molecule has 6 heteroatoms. The maximum Gasteiger partial charge on any atom is 0.407 e. The average Bonchev–Trinajstić information content (AvgIpc) is 2.65. The molecule has 0 heterocycles. The van der Waals surface area contributed by atoms with Crippen molar-refractivity contribution in [2.75, 3.05) is 13.7 Å². The Morgan fingerprint density at radius 3 is 2.44 bits per heavy atom. The lowest BCUT2D eigenvalue weighted by molar-refractivity contribution is -0.136. The lowest BCUT2D eigenvalue weighted by atomic mass is 9.95. The second-order valence-corrected chi connectivity index (χ2v) is 6.58. The first-order valence-electron chi connectivity index (χ1n) is 9.00. The van der Waals surface area contributed by atoms with Gasteiger partial charge in [-0.05, 0) is 24.8 Å². The van der Waals surface area contributed by atoms with Crippen LogP contribution >= 0.6 is 0 Å². The van der Waals surface area contributed by atoms with E-state index in [1.807, 2.05) is 44.2 Å². The van der Waals surface area contributed by atoms with Crippen LogP contribution in [0.2, 0.25) is 0 Å². The first-order valence-corrected chi connectivity index (χ1v) is 9.00. The van der Waals surface area contributed by atoms with Crippen LogP contribution in [-0.2, 0) is 20.8 Å². The third-order valence-corrected chi connectivity index (χ3v) is 3.89. The molecule has 0 spiro atoms. The number of allylic oxidation sites excluding steroid dienone is 1. The second kappa shape index (κ2) is 11.8. The van der Waals surface area contributed by atoms with Crippen molar-refractivity contribution < 1.29 is 19.1 Å². The van der Waals surface area contributed by atoms with Crippen LogP contribution in [0.5, 0.6) is 0 Å². The fourth-order valence-corrected chi connectivity index (χ4v) is 2.63. The maximum atomic E-state index is 12.5. The van der Waals surface area contributed by atoms with E-state index in [9.17, 15) is 9.59 Å². The van der Waals surface area contributed by atoms with Gasteiger partial charge in [0.2, 0.25) is 0 Å². The van der Waals surface area contributed by atoms with Crippen LogP contribution in [0.1, 0.15) is 32.8 Å². The molecule has 0 aromatic heterocycles. The number of amides is 1. The van der Waals surface area contributed by atoms with Gasteiger partial charge in [0.1, 0.15) is 6.61 Å². The van der Waals surface area contributed by atoms with E-state index in [2.05, 4.69) is 17.2 Å². The minimum atomic E-state index is -0.599. The molecule has 148 valence electrons. The summed E-state index contributed by atoms with van der Waals surface area (Å²) in [6.07, 6.45) is 1.46. The van der Waals surface area contributed by atoms with Gasteiger partial charge in [-0.3, -0.25) is 0 Å². The number of ether oxygens (including phenoxy) is 2. The highest BCUT2D eigenvalue weighted by Crippen LogP contribution is 2.18. The third kappa shape index (κ3) is 7.98. The van der Waals surface area contributed by atoms with Gasteiger partial charge < -0.3 is 20.1 Å². The van der Waals surface area contributed by atoms with Crippen LogP contribution in [0.15, 0.2) is 54.3 Å². The molecule has 0 fully saturated rings. The molecule has 0 radical (unpaired) electrons. The van der Waals surface area contributed by atoms with Crippen molar-refractivity contribution in [2.45, 2.75) is 39.8 Å². The van der Waals surface area contributed by atoms with E-state index >= 15 is 0 Å². The van der Waals surface area contributed by atoms with Gasteiger partial charge >= 0.3 is 12.1 Å². The molecule has 2 N–H and O–H groups in total. The maximum absolute atomic E-state index is 12.5. The number of nitrogens with one attached hydrogen (secondary N) is 2. The average molecular weight is 374 g/mol. The number of methoxy groups -OCH3 is 1. The SMILES string of the molecule is C=CCOC(=O)N[C@@H](CC(C)C)C(C(=O)OC)=C(C)NCc1ccccc1. The number of benzene rings is 1. The number of hydrogen-bond donors (Lipinski definition) is 2. The normalized spacial score (nSPS) is 12.6. The van der Waals surface area contributed by atoms with Gasteiger partial charge in [-0.1, -0.05) is 56.8 Å². The molecule has 0 bridgehead atoms. The molecule has 1 amide bonds. The number of alkyl carbamates (subject to hydrolysis) is 1. The molecule has 0 saturated heterocycles. The van der Waals surface area contributed by atoms with Crippen molar-refractivity contribution in [2.24, 2.45) is 5.92 Å². The first kappa shape index (κ1) is 22.3. The zero-order valence-electron chi connectivity index (χ0n) is 16.6. The summed E-state index contributed by atoms with van der Waals surface area (Å²) < 4.78 is 9.98. The summed E-state index contributed by atoms with van der Waals surface area (Å²) in [5, 5.41) is 6.02. The minimum Gasteiger partial charge on any atom is -0.466 e. The summed E-state index contributed by atoms with van der Waals surface area (Å²) in [7, 11) is 1.33. The Morgan fingerprint density at radius 1 is 1.22 bits per heavy atom. The summed E-state index contributed by atoms with van der Waals surface area (Å²) in [6, 6.07) is 9.32. The third-order valence-electron chi connectivity index (χ3n) is 3.89. The Morgan fingerprint density at radius 2 is 1.89 bits per heavy atom. The van der Waals surface area contributed by atoms with Gasteiger partial charge in [-0.25, -0.2) is 9.59 Å². The van der Waals surface area contributed by atoms with Gasteiger partial charge in [-0.2, -0.15) is 0 Å². The van der Waals surface area contributed by atoms with Gasteiger partial charge in [0.05, 0.1) is 18.7 Å². The highest BCUT2D eigenvalue weighted by molar-refractivity contribution is 5.91. The number of rotatable bonds is 10. The predicted molar refractivity (Wildman–Crippen MR) is 106 cm³/mol. The molecule has 1 aromatic rings. The van der Waals surface area contributed by atoms with Crippen LogP contribution in [-0.4, -0.2) is 31.8 Å². The highest BCUT2D eigenvalue weighted by atomic mass is 16.5. The molecule has 6 nitrogen and oxygen atoms in total. The molecular weight excluding hydrogens is 344 g/mol. The van der Waals surface area contributed by atoms with Crippen molar-refractivity contribution in [1.29, 1.82) is 0 Å². The molecular formula is C21H30N2O4. The van der Waals surface area contributed by atoms with Gasteiger partial charge in [0.15, 0.2) is 0 Å². The van der Waals surface area contributed by atoms with E-state index < -0.39 is 18.1 Å². The molecule has 0 saturated carbocycles. The standard InChI is InChI=1S/C21H30N2O4/c1-6-12-27-21(25)23-18(13-15(2)3)19(20(24)26-5)16(4)22-14-17-10-8-7-9-11-17/h6-11,15,18,22H,1,12-14H2,2-5H3,(H,23,25)/t18-/m0/s1. The van der Waals surface area contributed by atoms with Crippen LogP contribution in [0.3, 0.4) is 0 Å². The molecule has 0 aliphatic carbocycles. The summed E-state index contributed by atoms with van der Waals surface area (Å²) in [6.45, 7) is 10.0. The molecule has 27 heavy (non-hydrogen) atoms. The number of hydrogen-bond acceptors (Lipinski definition) is 5. The smallest absolute Gasteiger partial charge is 0.407 e. The fourth-order valence-electron chi connectivity index (χ4n) is 2.63. The number of carbonyl (C=O) groups excluding carboxylic acids is 2. The second-order valence-electron chi connectivity index (χ2n) is 6.58. The molecule has 0 aliphatic heterocycles. The summed E-state index contributed by atoms with van der Waals surface area (Å²) in [5.74, 6) is -0.237. The molecule has 1 rings (SSSR count). The lowest BCUT2D eigenvalue weighted by Crippen LogP contribution is -2.41. The van der Waals surface area contributed by atoms with E-state index in [-0.39, 0.29) is 12.5 Å².